The summed E-state index contributed by atoms with van der Waals surface area (Å²) in [4.78, 5) is 24.0. The molecule has 2 rings (SSSR count). The van der Waals surface area contributed by atoms with Gasteiger partial charge in [-0.2, -0.15) is 0 Å². The molecule has 0 spiro atoms. The highest BCUT2D eigenvalue weighted by molar-refractivity contribution is 5.91. The van der Waals surface area contributed by atoms with Crippen LogP contribution in [0.4, 0.5) is 0 Å². The topological polar surface area (TPSA) is 64.6 Å². The van der Waals surface area contributed by atoms with Crippen LogP contribution in [0.2, 0.25) is 0 Å². The molecule has 0 aromatic heterocycles. The molecule has 0 radical (unpaired) electrons. The minimum absolute atomic E-state index is 0.151. The number of esters is 1. The minimum atomic E-state index is -0.513. The van der Waals surface area contributed by atoms with Gasteiger partial charge in [-0.3, -0.25) is 4.79 Å². The van der Waals surface area contributed by atoms with Crippen molar-refractivity contribution in [3.05, 3.63) is 70.8 Å². The van der Waals surface area contributed by atoms with E-state index in [2.05, 4.69) is 43.4 Å². The van der Waals surface area contributed by atoms with Gasteiger partial charge in [0.25, 0.3) is 5.91 Å². The predicted octanol–water partition coefficient (Wildman–Crippen LogP) is 4.25. The van der Waals surface area contributed by atoms with Crippen molar-refractivity contribution in [3.8, 4) is 0 Å². The summed E-state index contributed by atoms with van der Waals surface area (Å²) in [5.74, 6) is -0.317. The zero-order valence-corrected chi connectivity index (χ0v) is 17.7. The van der Waals surface area contributed by atoms with Gasteiger partial charge in [0.2, 0.25) is 0 Å². The van der Waals surface area contributed by atoms with E-state index in [1.165, 1.54) is 5.56 Å². The number of benzene rings is 2. The quantitative estimate of drug-likeness (QED) is 0.609. The van der Waals surface area contributed by atoms with E-state index in [1.807, 2.05) is 26.0 Å². The number of hydrogen-bond donors (Lipinski definition) is 1. The van der Waals surface area contributed by atoms with Crippen LogP contribution >= 0.6 is 0 Å². The summed E-state index contributed by atoms with van der Waals surface area (Å²) in [5, 5.41) is 2.78. The second-order valence-corrected chi connectivity index (χ2v) is 7.63. The minimum Gasteiger partial charge on any atom is -0.452 e. The summed E-state index contributed by atoms with van der Waals surface area (Å²) in [6.45, 7) is 8.97. The Balaban J connectivity index is 1.69. The average Bonchev–Trinajstić information content (AvgIpc) is 2.71. The van der Waals surface area contributed by atoms with Crippen LogP contribution in [0.3, 0.4) is 0 Å². The van der Waals surface area contributed by atoms with E-state index in [1.54, 1.807) is 12.1 Å². The van der Waals surface area contributed by atoms with E-state index < -0.39 is 5.97 Å². The van der Waals surface area contributed by atoms with Crippen molar-refractivity contribution in [2.75, 3.05) is 13.2 Å². The first-order valence-corrected chi connectivity index (χ1v) is 10.1. The van der Waals surface area contributed by atoms with Crippen molar-refractivity contribution in [3.63, 3.8) is 0 Å². The Labute approximate surface area is 173 Å². The molecule has 1 N–H and O–H groups in total. The summed E-state index contributed by atoms with van der Waals surface area (Å²) in [6, 6.07) is 15.4. The van der Waals surface area contributed by atoms with Crippen LogP contribution in [0.15, 0.2) is 48.5 Å². The van der Waals surface area contributed by atoms with Crippen LogP contribution in [0.25, 0.3) is 0 Å². The monoisotopic (exact) mass is 397 g/mol. The Morgan fingerprint density at radius 3 is 2.10 bits per heavy atom. The van der Waals surface area contributed by atoms with Gasteiger partial charge in [0.1, 0.15) is 0 Å². The van der Waals surface area contributed by atoms with Gasteiger partial charge in [-0.1, -0.05) is 50.2 Å². The lowest BCUT2D eigenvalue weighted by atomic mass is 10.0. The van der Waals surface area contributed by atoms with Gasteiger partial charge >= 0.3 is 5.97 Å². The molecule has 0 saturated carbocycles. The molecule has 0 unspecified atom stereocenters. The Morgan fingerprint density at radius 2 is 1.52 bits per heavy atom. The second-order valence-electron chi connectivity index (χ2n) is 7.63. The molecule has 0 fully saturated rings. The van der Waals surface area contributed by atoms with Crippen molar-refractivity contribution in [1.82, 2.24) is 5.32 Å². The molecule has 0 aliphatic carbocycles. The summed E-state index contributed by atoms with van der Waals surface area (Å²) >= 11 is 0. The highest BCUT2D eigenvalue weighted by Gasteiger charge is 2.10. The number of ether oxygens (including phenoxy) is 2. The third-order valence-electron chi connectivity index (χ3n) is 4.49. The molecule has 0 atom stereocenters. The van der Waals surface area contributed by atoms with Crippen LogP contribution in [0.5, 0.6) is 0 Å². The zero-order chi connectivity index (χ0) is 21.2. The molecule has 0 bridgehead atoms. The molecule has 5 heteroatoms. The third kappa shape index (κ3) is 8.08. The molecule has 1 amide bonds. The summed E-state index contributed by atoms with van der Waals surface area (Å²) in [7, 11) is 0. The lowest BCUT2D eigenvalue weighted by Crippen LogP contribution is -2.30. The lowest BCUT2D eigenvalue weighted by molar-refractivity contribution is -0.124. The first-order valence-electron chi connectivity index (χ1n) is 10.1. The summed E-state index contributed by atoms with van der Waals surface area (Å²) in [6.07, 6.45) is 0.885. The molecule has 0 aliphatic heterocycles. The predicted molar refractivity (Wildman–Crippen MR) is 114 cm³/mol. The van der Waals surface area contributed by atoms with Gasteiger partial charge in [0.05, 0.1) is 18.3 Å². The van der Waals surface area contributed by atoms with Crippen LogP contribution in [0, 0.1) is 0 Å². The van der Waals surface area contributed by atoms with Gasteiger partial charge in [-0.05, 0) is 55.0 Å². The molecule has 0 aliphatic rings. The van der Waals surface area contributed by atoms with Crippen LogP contribution in [-0.2, 0) is 27.3 Å². The zero-order valence-electron chi connectivity index (χ0n) is 17.7. The van der Waals surface area contributed by atoms with Crippen LogP contribution < -0.4 is 5.32 Å². The number of carbonyl (C=O) groups is 2. The van der Waals surface area contributed by atoms with Gasteiger partial charge in [0.15, 0.2) is 6.61 Å². The van der Waals surface area contributed by atoms with E-state index in [-0.39, 0.29) is 18.6 Å². The number of nitrogens with one attached hydrogen (secondary N) is 1. The van der Waals surface area contributed by atoms with E-state index in [0.717, 1.165) is 17.5 Å². The largest absolute Gasteiger partial charge is 0.452 e. The van der Waals surface area contributed by atoms with Crippen molar-refractivity contribution in [2.45, 2.75) is 52.7 Å². The third-order valence-corrected chi connectivity index (χ3v) is 4.49. The molecule has 0 heterocycles. The van der Waals surface area contributed by atoms with Crippen LogP contribution in [-0.4, -0.2) is 31.1 Å². The van der Waals surface area contributed by atoms with Gasteiger partial charge in [0, 0.05) is 6.54 Å². The first kappa shape index (κ1) is 22.6. The van der Waals surface area contributed by atoms with Crippen molar-refractivity contribution >= 4 is 11.9 Å². The molecule has 0 saturated heterocycles. The molecule has 29 heavy (non-hydrogen) atoms. The van der Waals surface area contributed by atoms with E-state index in [0.29, 0.717) is 24.6 Å². The molecule has 2 aromatic carbocycles. The molecule has 156 valence electrons. The molecular formula is C24H31NO4. The summed E-state index contributed by atoms with van der Waals surface area (Å²) in [5.41, 5.74) is 3.85. The lowest BCUT2D eigenvalue weighted by Gasteiger charge is -2.09. The van der Waals surface area contributed by atoms with Crippen LogP contribution in [0.1, 0.15) is 60.7 Å². The molecular weight excluding hydrogens is 366 g/mol. The van der Waals surface area contributed by atoms with E-state index >= 15 is 0 Å². The van der Waals surface area contributed by atoms with Crippen molar-refractivity contribution in [1.29, 1.82) is 0 Å². The van der Waals surface area contributed by atoms with Crippen molar-refractivity contribution in [2.24, 2.45) is 0 Å². The SMILES string of the molecule is CC(C)OCc1ccc(C(=O)OCC(=O)NCCc2ccc(C(C)C)cc2)cc1. The van der Waals surface area contributed by atoms with Gasteiger partial charge < -0.3 is 14.8 Å². The fourth-order valence-electron chi connectivity index (χ4n) is 2.68. The maximum atomic E-state index is 12.1. The molecule has 2 aromatic rings. The van der Waals surface area contributed by atoms with E-state index in [4.69, 9.17) is 9.47 Å². The van der Waals surface area contributed by atoms with Crippen molar-refractivity contribution < 1.29 is 19.1 Å². The van der Waals surface area contributed by atoms with Gasteiger partial charge in [-0.25, -0.2) is 4.79 Å². The average molecular weight is 398 g/mol. The van der Waals surface area contributed by atoms with E-state index in [9.17, 15) is 9.59 Å². The fourth-order valence-corrected chi connectivity index (χ4v) is 2.68. The smallest absolute Gasteiger partial charge is 0.338 e. The maximum Gasteiger partial charge on any atom is 0.338 e. The number of hydrogen-bond acceptors (Lipinski definition) is 4. The Hall–Kier alpha value is -2.66. The maximum absolute atomic E-state index is 12.1. The highest BCUT2D eigenvalue weighted by atomic mass is 16.5. The Morgan fingerprint density at radius 1 is 0.897 bits per heavy atom. The number of rotatable bonds is 10. The summed E-state index contributed by atoms with van der Waals surface area (Å²) < 4.78 is 10.6. The second kappa shape index (κ2) is 11.4. The Bertz CT molecular complexity index is 780. The van der Waals surface area contributed by atoms with Gasteiger partial charge in [-0.15, -0.1) is 0 Å². The standard InChI is InChI=1S/C24H31NO4/c1-17(2)21-9-5-19(6-10-21)13-14-25-23(26)16-29-24(27)22-11-7-20(8-12-22)15-28-18(3)4/h5-12,17-18H,13-16H2,1-4H3,(H,25,26). The first-order chi connectivity index (χ1) is 13.8. The Kier molecular flexibility index (Phi) is 8.87. The fraction of sp³-hybridized carbons (Fsp3) is 0.417. The number of carbonyl (C=O) groups excluding carboxylic acids is 2. The highest BCUT2D eigenvalue weighted by Crippen LogP contribution is 2.14. The normalized spacial score (nSPS) is 11.0. The molecule has 5 nitrogen and oxygen atoms in total. The number of amides is 1.